The maximum absolute atomic E-state index is 12.5. The summed E-state index contributed by atoms with van der Waals surface area (Å²) in [5.41, 5.74) is 5.28. The fourth-order valence-corrected chi connectivity index (χ4v) is 9.22. The van der Waals surface area contributed by atoms with E-state index >= 15 is 0 Å². The SMILES string of the molecule is CS[C@H]1OC(COCc2ccccc2)[C@@H](OCc2ccccc2)[C@H](OCc2ccccc2)C1O[C@H]1OC(COC(C)=O)[C@@H](OCc2ccccc2)[C@H](OCc2ccccc2)C1OCc1ccccc1. The van der Waals surface area contributed by atoms with Crippen LogP contribution in [0.25, 0.3) is 0 Å². The first-order valence-corrected chi connectivity index (χ1v) is 24.8. The van der Waals surface area contributed by atoms with Crippen molar-refractivity contribution in [2.75, 3.05) is 19.5 Å². The predicted octanol–water partition coefficient (Wildman–Crippen LogP) is 9.89. The molecule has 362 valence electrons. The van der Waals surface area contributed by atoms with Gasteiger partial charge in [0.25, 0.3) is 0 Å². The van der Waals surface area contributed by atoms with E-state index in [0.29, 0.717) is 6.61 Å². The summed E-state index contributed by atoms with van der Waals surface area (Å²) in [6, 6.07) is 59.9. The summed E-state index contributed by atoms with van der Waals surface area (Å²) < 4.78 is 68.2. The van der Waals surface area contributed by atoms with Crippen LogP contribution in [0.1, 0.15) is 40.3 Å². The molecule has 8 rings (SSSR count). The van der Waals surface area contributed by atoms with E-state index in [-0.39, 0.29) is 46.2 Å². The Morgan fingerprint density at radius 3 is 1.13 bits per heavy atom. The summed E-state index contributed by atoms with van der Waals surface area (Å²) in [6.45, 7) is 3.10. The van der Waals surface area contributed by atoms with Crippen molar-refractivity contribution in [3.8, 4) is 0 Å². The molecule has 6 aromatic rings. The molecule has 11 nitrogen and oxygen atoms in total. The lowest BCUT2D eigenvalue weighted by atomic mass is 9.96. The molecule has 0 aromatic heterocycles. The zero-order valence-electron chi connectivity index (χ0n) is 39.1. The van der Waals surface area contributed by atoms with Crippen molar-refractivity contribution in [1.29, 1.82) is 0 Å². The molecule has 2 saturated heterocycles. The normalized spacial score (nSPS) is 24.7. The van der Waals surface area contributed by atoms with Gasteiger partial charge in [0.15, 0.2) is 6.29 Å². The maximum atomic E-state index is 12.5. The van der Waals surface area contributed by atoms with Crippen molar-refractivity contribution in [2.45, 2.75) is 107 Å². The van der Waals surface area contributed by atoms with Gasteiger partial charge in [-0.15, -0.1) is 11.8 Å². The summed E-state index contributed by atoms with van der Waals surface area (Å²) >= 11 is 1.50. The zero-order valence-corrected chi connectivity index (χ0v) is 40.0. The highest BCUT2D eigenvalue weighted by molar-refractivity contribution is 7.99. The standard InChI is InChI=1S/C57H62O11S/c1-41(58)60-40-49-51(62-35-44-25-13-5-14-26-44)52(63-36-45-27-15-6-16-28-45)54(65-38-47-31-19-8-20-32-47)56(66-49)68-55-53(64-37-46-29-17-7-18-30-46)50(61-34-43-23-11-4-12-24-43)48(67-57(55)69-2)39-59-33-42-21-9-3-10-22-42/h3-32,48-57H,33-40H2,1-2H3/t48?,49?,50-,51-,52+,53+,54?,55?,56-,57-/m1/s1. The molecule has 0 bridgehead atoms. The molecule has 0 N–H and O–H groups in total. The van der Waals surface area contributed by atoms with Crippen molar-refractivity contribution in [3.63, 3.8) is 0 Å². The fourth-order valence-electron chi connectivity index (χ4n) is 8.48. The highest BCUT2D eigenvalue weighted by Crippen LogP contribution is 2.38. The van der Waals surface area contributed by atoms with Gasteiger partial charge in [-0.25, -0.2) is 0 Å². The van der Waals surface area contributed by atoms with Gasteiger partial charge in [-0.05, 0) is 39.6 Å². The Kier molecular flexibility index (Phi) is 19.4. The minimum absolute atomic E-state index is 0.129. The van der Waals surface area contributed by atoms with Gasteiger partial charge in [0.05, 0.1) is 46.2 Å². The Bertz CT molecular complexity index is 2350. The number of carbonyl (C=O) groups is 1. The van der Waals surface area contributed by atoms with Crippen LogP contribution in [0, 0.1) is 0 Å². The minimum atomic E-state index is -1.11. The smallest absolute Gasteiger partial charge is 0.302 e. The molecule has 0 saturated carbocycles. The number of hydrogen-bond acceptors (Lipinski definition) is 12. The molecule has 0 radical (unpaired) electrons. The van der Waals surface area contributed by atoms with Crippen LogP contribution in [0.5, 0.6) is 0 Å². The average Bonchev–Trinajstić information content (AvgIpc) is 3.40. The molecular weight excluding hydrogens is 893 g/mol. The van der Waals surface area contributed by atoms with E-state index in [2.05, 4.69) is 0 Å². The van der Waals surface area contributed by atoms with Gasteiger partial charge >= 0.3 is 5.97 Å². The Hall–Kier alpha value is -5.22. The van der Waals surface area contributed by atoms with E-state index in [1.165, 1.54) is 18.7 Å². The molecule has 2 aliphatic rings. The van der Waals surface area contributed by atoms with E-state index in [1.54, 1.807) is 0 Å². The summed E-state index contributed by atoms with van der Waals surface area (Å²) in [6.07, 6.45) is -5.15. The van der Waals surface area contributed by atoms with Gasteiger partial charge in [-0.2, -0.15) is 0 Å². The van der Waals surface area contributed by atoms with Gasteiger partial charge in [0, 0.05) is 6.92 Å². The molecule has 12 heteroatoms. The molecule has 2 aliphatic heterocycles. The summed E-state index contributed by atoms with van der Waals surface area (Å²) in [5.74, 6) is -0.460. The number of rotatable bonds is 24. The van der Waals surface area contributed by atoms with E-state index in [1.807, 2.05) is 188 Å². The Labute approximate surface area is 410 Å². The highest BCUT2D eigenvalue weighted by Gasteiger charge is 2.54. The number of esters is 1. The number of carbonyl (C=O) groups excluding carboxylic acids is 1. The molecule has 2 fully saturated rings. The molecule has 4 unspecified atom stereocenters. The van der Waals surface area contributed by atoms with Crippen molar-refractivity contribution in [1.82, 2.24) is 0 Å². The summed E-state index contributed by atoms with van der Waals surface area (Å²) in [5, 5.41) is 0. The Balaban J connectivity index is 1.17. The molecule has 0 amide bonds. The lowest BCUT2D eigenvalue weighted by molar-refractivity contribution is -0.356. The zero-order chi connectivity index (χ0) is 47.5. The molecule has 0 aliphatic carbocycles. The molecule has 2 heterocycles. The van der Waals surface area contributed by atoms with E-state index < -0.39 is 66.5 Å². The van der Waals surface area contributed by atoms with Crippen LogP contribution in [-0.2, 0) is 91.8 Å². The van der Waals surface area contributed by atoms with E-state index in [9.17, 15) is 4.79 Å². The van der Waals surface area contributed by atoms with Crippen LogP contribution in [0.3, 0.4) is 0 Å². The first-order valence-electron chi connectivity index (χ1n) is 23.5. The monoisotopic (exact) mass is 954 g/mol. The fraction of sp³-hybridized carbons (Fsp3) is 0.351. The number of benzene rings is 6. The first-order chi connectivity index (χ1) is 34.0. The third-order valence-corrected chi connectivity index (χ3v) is 12.8. The van der Waals surface area contributed by atoms with Crippen LogP contribution >= 0.6 is 11.8 Å². The second-order valence-corrected chi connectivity index (χ2v) is 18.0. The quantitative estimate of drug-likeness (QED) is 0.0539. The topological polar surface area (TPSA) is 109 Å². The second kappa shape index (κ2) is 26.7. The van der Waals surface area contributed by atoms with Crippen LogP contribution in [0.15, 0.2) is 182 Å². The minimum Gasteiger partial charge on any atom is -0.463 e. The van der Waals surface area contributed by atoms with Crippen molar-refractivity contribution in [2.24, 2.45) is 0 Å². The van der Waals surface area contributed by atoms with Crippen molar-refractivity contribution >= 4 is 17.7 Å². The van der Waals surface area contributed by atoms with Gasteiger partial charge in [0.1, 0.15) is 60.9 Å². The largest absolute Gasteiger partial charge is 0.463 e. The van der Waals surface area contributed by atoms with Crippen LogP contribution in [0.4, 0.5) is 0 Å². The average molecular weight is 955 g/mol. The van der Waals surface area contributed by atoms with Crippen molar-refractivity contribution in [3.05, 3.63) is 215 Å². The number of thioether (sulfide) groups is 1. The summed E-state index contributed by atoms with van der Waals surface area (Å²) in [4.78, 5) is 12.5. The summed E-state index contributed by atoms with van der Waals surface area (Å²) in [7, 11) is 0. The molecule has 0 spiro atoms. The lowest BCUT2D eigenvalue weighted by Crippen LogP contribution is -2.65. The predicted molar refractivity (Wildman–Crippen MR) is 264 cm³/mol. The van der Waals surface area contributed by atoms with Crippen molar-refractivity contribution < 1.29 is 52.2 Å². The Morgan fingerprint density at radius 1 is 0.420 bits per heavy atom. The van der Waals surface area contributed by atoms with Crippen LogP contribution < -0.4 is 0 Å². The third kappa shape index (κ3) is 14.9. The molecule has 69 heavy (non-hydrogen) atoms. The number of ether oxygens (including phenoxy) is 10. The molecular formula is C57H62O11S. The van der Waals surface area contributed by atoms with Crippen LogP contribution in [0.2, 0.25) is 0 Å². The van der Waals surface area contributed by atoms with Crippen LogP contribution in [-0.4, -0.2) is 86.0 Å². The number of hydrogen-bond donors (Lipinski definition) is 0. The molecule has 6 aromatic carbocycles. The van der Waals surface area contributed by atoms with Gasteiger partial charge < -0.3 is 47.4 Å². The maximum Gasteiger partial charge on any atom is 0.302 e. The van der Waals surface area contributed by atoms with E-state index in [0.717, 1.165) is 33.4 Å². The third-order valence-electron chi connectivity index (χ3n) is 12.0. The van der Waals surface area contributed by atoms with Gasteiger partial charge in [-0.1, -0.05) is 182 Å². The van der Waals surface area contributed by atoms with Gasteiger partial charge in [0.2, 0.25) is 0 Å². The van der Waals surface area contributed by atoms with Gasteiger partial charge in [-0.3, -0.25) is 4.79 Å². The van der Waals surface area contributed by atoms with E-state index in [4.69, 9.17) is 47.4 Å². The highest BCUT2D eigenvalue weighted by atomic mass is 32.2. The lowest BCUT2D eigenvalue weighted by Gasteiger charge is -2.50. The Morgan fingerprint density at radius 2 is 0.754 bits per heavy atom. The first kappa shape index (κ1) is 50.2. The second-order valence-electron chi connectivity index (χ2n) is 17.0. The molecule has 10 atom stereocenters.